The predicted molar refractivity (Wildman–Crippen MR) is 98.3 cm³/mol. The van der Waals surface area contributed by atoms with E-state index in [4.69, 9.17) is 9.16 Å². The summed E-state index contributed by atoms with van der Waals surface area (Å²) in [6, 6.07) is 7.70. The van der Waals surface area contributed by atoms with Gasteiger partial charge in [0.15, 0.2) is 8.32 Å². The number of carbonyl (C=O) groups excluding carboxylic acids is 1. The van der Waals surface area contributed by atoms with Crippen LogP contribution < -0.4 is 5.32 Å². The first-order valence-electron chi connectivity index (χ1n) is 8.03. The van der Waals surface area contributed by atoms with Crippen molar-refractivity contribution in [2.24, 2.45) is 0 Å². The highest BCUT2D eigenvalue weighted by atomic mass is 28.4. The third-order valence-corrected chi connectivity index (χ3v) is 8.46. The molecular formula is C18H31NO3Si. The molecular weight excluding hydrogens is 306 g/mol. The molecule has 4 nitrogen and oxygen atoms in total. The van der Waals surface area contributed by atoms with Gasteiger partial charge in [0.1, 0.15) is 5.60 Å². The maximum atomic E-state index is 11.8. The first kappa shape index (κ1) is 19.7. The molecule has 0 fully saturated rings. The smallest absolute Gasteiger partial charge is 0.412 e. The number of rotatable bonds is 4. The van der Waals surface area contributed by atoms with Crippen LogP contribution in [0.1, 0.15) is 47.1 Å². The van der Waals surface area contributed by atoms with E-state index < -0.39 is 20.0 Å². The minimum atomic E-state index is -1.78. The molecule has 23 heavy (non-hydrogen) atoms. The summed E-state index contributed by atoms with van der Waals surface area (Å²) in [5, 5.41) is 2.94. The molecule has 0 bridgehead atoms. The molecule has 5 heteroatoms. The van der Waals surface area contributed by atoms with Gasteiger partial charge in [0, 0.05) is 5.69 Å². The fraction of sp³-hybridized carbons (Fsp3) is 0.611. The topological polar surface area (TPSA) is 47.6 Å². The van der Waals surface area contributed by atoms with Crippen LogP contribution in [0.15, 0.2) is 24.3 Å². The summed E-state index contributed by atoms with van der Waals surface area (Å²) in [4.78, 5) is 11.8. The van der Waals surface area contributed by atoms with Gasteiger partial charge in [-0.15, -0.1) is 0 Å². The minimum Gasteiger partial charge on any atom is -0.444 e. The second kappa shape index (κ2) is 7.05. The van der Waals surface area contributed by atoms with Crippen molar-refractivity contribution in [3.05, 3.63) is 29.8 Å². The number of benzene rings is 1. The number of nitrogens with one attached hydrogen (secondary N) is 1. The molecule has 130 valence electrons. The van der Waals surface area contributed by atoms with Crippen LogP contribution in [0.25, 0.3) is 0 Å². The normalized spacial score (nSPS) is 12.9. The van der Waals surface area contributed by atoms with Gasteiger partial charge in [-0.2, -0.15) is 0 Å². The lowest BCUT2D eigenvalue weighted by Gasteiger charge is -2.36. The average molecular weight is 338 g/mol. The van der Waals surface area contributed by atoms with E-state index in [2.05, 4.69) is 39.2 Å². The number of hydrogen-bond donors (Lipinski definition) is 1. The monoisotopic (exact) mass is 337 g/mol. The predicted octanol–water partition coefficient (Wildman–Crippen LogP) is 5.56. The molecule has 0 saturated carbocycles. The Morgan fingerprint density at radius 3 is 2.26 bits per heavy atom. The zero-order chi connectivity index (χ0) is 17.9. The van der Waals surface area contributed by atoms with Crippen LogP contribution in [0.4, 0.5) is 10.5 Å². The largest absolute Gasteiger partial charge is 0.444 e. The molecule has 0 spiro atoms. The van der Waals surface area contributed by atoms with Gasteiger partial charge in [0.25, 0.3) is 0 Å². The molecule has 1 aromatic rings. The average Bonchev–Trinajstić information content (AvgIpc) is 2.33. The summed E-state index contributed by atoms with van der Waals surface area (Å²) >= 11 is 0. The molecule has 0 aliphatic rings. The van der Waals surface area contributed by atoms with E-state index in [0.29, 0.717) is 6.61 Å². The van der Waals surface area contributed by atoms with Gasteiger partial charge < -0.3 is 9.16 Å². The van der Waals surface area contributed by atoms with E-state index in [-0.39, 0.29) is 5.04 Å². The first-order chi connectivity index (χ1) is 10.3. The van der Waals surface area contributed by atoms with Crippen LogP contribution in [0.5, 0.6) is 0 Å². The molecule has 0 aromatic heterocycles. The lowest BCUT2D eigenvalue weighted by molar-refractivity contribution is 0.0636. The van der Waals surface area contributed by atoms with Gasteiger partial charge in [-0.25, -0.2) is 4.79 Å². The van der Waals surface area contributed by atoms with Crippen LogP contribution in [-0.4, -0.2) is 20.0 Å². The van der Waals surface area contributed by atoms with E-state index in [1.807, 2.05) is 45.0 Å². The highest BCUT2D eigenvalue weighted by molar-refractivity contribution is 6.74. The Morgan fingerprint density at radius 2 is 1.74 bits per heavy atom. The van der Waals surface area contributed by atoms with Crippen molar-refractivity contribution in [1.82, 2.24) is 0 Å². The summed E-state index contributed by atoms with van der Waals surface area (Å²) < 4.78 is 11.5. The molecule has 0 saturated heterocycles. The van der Waals surface area contributed by atoms with E-state index in [1.54, 1.807) is 0 Å². The van der Waals surface area contributed by atoms with Crippen molar-refractivity contribution in [1.29, 1.82) is 0 Å². The number of ether oxygens (including phenoxy) is 1. The molecule has 0 atom stereocenters. The van der Waals surface area contributed by atoms with E-state index in [1.165, 1.54) is 0 Å². The molecule has 0 aliphatic heterocycles. The molecule has 0 heterocycles. The lowest BCUT2D eigenvalue weighted by atomic mass is 10.2. The quantitative estimate of drug-likeness (QED) is 0.732. The standard InChI is InChI=1S/C18H31NO3Si/c1-17(2,3)22-16(20)19-15-11-9-10-14(12-15)13-21-23(7,8)18(4,5)6/h9-12H,13H2,1-8H3,(H,19,20). The molecule has 1 N–H and O–H groups in total. The zero-order valence-corrected chi connectivity index (χ0v) is 16.7. The SMILES string of the molecule is CC(C)(C)OC(=O)Nc1cccc(CO[Si](C)(C)C(C)(C)C)c1. The Balaban J connectivity index is 2.69. The van der Waals surface area contributed by atoms with Gasteiger partial charge in [-0.1, -0.05) is 32.9 Å². The van der Waals surface area contributed by atoms with Crippen molar-refractivity contribution in [3.63, 3.8) is 0 Å². The minimum absolute atomic E-state index is 0.180. The Bertz CT molecular complexity index is 542. The number of hydrogen-bond acceptors (Lipinski definition) is 3. The fourth-order valence-corrected chi connectivity index (χ4v) is 2.60. The third kappa shape index (κ3) is 6.75. The van der Waals surface area contributed by atoms with Gasteiger partial charge >= 0.3 is 6.09 Å². The van der Waals surface area contributed by atoms with Crippen molar-refractivity contribution < 1.29 is 14.0 Å². The van der Waals surface area contributed by atoms with Crippen molar-refractivity contribution in [2.75, 3.05) is 5.32 Å². The third-order valence-electron chi connectivity index (χ3n) is 3.98. The summed E-state index contributed by atoms with van der Waals surface area (Å²) in [6.45, 7) is 17.2. The van der Waals surface area contributed by atoms with E-state index in [9.17, 15) is 4.79 Å². The first-order valence-corrected chi connectivity index (χ1v) is 10.9. The highest BCUT2D eigenvalue weighted by Crippen LogP contribution is 2.37. The van der Waals surface area contributed by atoms with Gasteiger partial charge in [-0.3, -0.25) is 5.32 Å². The van der Waals surface area contributed by atoms with Gasteiger partial charge in [-0.05, 0) is 56.6 Å². The number of anilines is 1. The molecule has 0 unspecified atom stereocenters. The van der Waals surface area contributed by atoms with E-state index >= 15 is 0 Å². The Labute approximate surface area is 141 Å². The van der Waals surface area contributed by atoms with Crippen LogP contribution in [0.3, 0.4) is 0 Å². The van der Waals surface area contributed by atoms with Crippen LogP contribution in [-0.2, 0) is 15.8 Å². The molecule has 0 aliphatic carbocycles. The maximum absolute atomic E-state index is 11.8. The van der Waals surface area contributed by atoms with Crippen molar-refractivity contribution in [3.8, 4) is 0 Å². The van der Waals surface area contributed by atoms with Crippen molar-refractivity contribution in [2.45, 2.75) is 71.9 Å². The van der Waals surface area contributed by atoms with Crippen LogP contribution in [0, 0.1) is 0 Å². The zero-order valence-electron chi connectivity index (χ0n) is 15.7. The van der Waals surface area contributed by atoms with Gasteiger partial charge in [0.05, 0.1) is 6.61 Å². The van der Waals surface area contributed by atoms with Gasteiger partial charge in [0.2, 0.25) is 0 Å². The fourth-order valence-electron chi connectivity index (χ4n) is 1.64. The number of carbonyl (C=O) groups is 1. The summed E-state index contributed by atoms with van der Waals surface area (Å²) in [6.07, 6.45) is -0.444. The maximum Gasteiger partial charge on any atom is 0.412 e. The molecule has 1 aromatic carbocycles. The summed E-state index contributed by atoms with van der Waals surface area (Å²) in [5.74, 6) is 0. The van der Waals surface area contributed by atoms with Crippen LogP contribution in [0.2, 0.25) is 18.1 Å². The number of amides is 1. The second-order valence-electron chi connectivity index (χ2n) is 8.38. The molecule has 1 amide bonds. The Hall–Kier alpha value is -1.33. The van der Waals surface area contributed by atoms with Crippen LogP contribution >= 0.6 is 0 Å². The second-order valence-corrected chi connectivity index (χ2v) is 13.2. The van der Waals surface area contributed by atoms with E-state index in [0.717, 1.165) is 11.3 Å². The molecule has 1 rings (SSSR count). The highest BCUT2D eigenvalue weighted by Gasteiger charge is 2.37. The summed E-state index contributed by atoms with van der Waals surface area (Å²) in [7, 11) is -1.78. The lowest BCUT2D eigenvalue weighted by Crippen LogP contribution is -2.40. The Morgan fingerprint density at radius 1 is 1.13 bits per heavy atom. The Kier molecular flexibility index (Phi) is 6.04. The van der Waals surface area contributed by atoms with Crippen molar-refractivity contribution >= 4 is 20.1 Å². The summed E-state index contributed by atoms with van der Waals surface area (Å²) in [5.41, 5.74) is 1.26. The molecule has 0 radical (unpaired) electrons.